The van der Waals surface area contributed by atoms with Gasteiger partial charge in [-0.1, -0.05) is 18.2 Å². The number of nitrogens with zero attached hydrogens (tertiary/aromatic N) is 5. The second-order valence-corrected chi connectivity index (χ2v) is 8.24. The summed E-state index contributed by atoms with van der Waals surface area (Å²) in [5, 5.41) is 0.863. The molecule has 5 rings (SSSR count). The summed E-state index contributed by atoms with van der Waals surface area (Å²) in [5.74, 6) is 1.67. The van der Waals surface area contributed by atoms with Crippen molar-refractivity contribution in [2.24, 2.45) is 0 Å². The molecule has 4 heterocycles. The third-order valence-electron chi connectivity index (χ3n) is 5.94. The molecule has 0 radical (unpaired) electrons. The third-order valence-corrected chi connectivity index (χ3v) is 5.94. The summed E-state index contributed by atoms with van der Waals surface area (Å²) in [4.78, 5) is 31.3. The summed E-state index contributed by atoms with van der Waals surface area (Å²) in [7, 11) is 0. The Morgan fingerprint density at radius 2 is 1.81 bits per heavy atom. The van der Waals surface area contributed by atoms with E-state index in [0.29, 0.717) is 45.0 Å². The van der Waals surface area contributed by atoms with Gasteiger partial charge in [-0.3, -0.25) is 4.79 Å². The molecular formula is C24H27N5O3. The average Bonchev–Trinajstić information content (AvgIpc) is 2.83. The van der Waals surface area contributed by atoms with Crippen LogP contribution in [0.15, 0.2) is 36.4 Å². The normalized spacial score (nSPS) is 19.4. The van der Waals surface area contributed by atoms with E-state index < -0.39 is 0 Å². The number of carbonyl (C=O) groups excluding carboxylic acids is 1. The van der Waals surface area contributed by atoms with E-state index >= 15 is 0 Å². The zero-order valence-corrected chi connectivity index (χ0v) is 18.5. The van der Waals surface area contributed by atoms with Crippen molar-refractivity contribution in [1.29, 1.82) is 0 Å². The fraction of sp³-hybridized carbons (Fsp3) is 0.417. The maximum absolute atomic E-state index is 13.4. The highest BCUT2D eigenvalue weighted by Gasteiger charge is 2.27. The lowest BCUT2D eigenvalue weighted by Crippen LogP contribution is -2.41. The average molecular weight is 434 g/mol. The topological polar surface area (TPSA) is 80.7 Å². The molecule has 1 aromatic carbocycles. The quantitative estimate of drug-likeness (QED) is 0.628. The molecule has 2 fully saturated rings. The van der Waals surface area contributed by atoms with Crippen LogP contribution in [0.4, 0.5) is 5.82 Å². The lowest BCUT2D eigenvalue weighted by molar-refractivity contribution is 0.0300. The number of carbonyl (C=O) groups is 1. The van der Waals surface area contributed by atoms with E-state index in [1.165, 1.54) is 0 Å². The van der Waals surface area contributed by atoms with Crippen LogP contribution in [0, 0.1) is 13.8 Å². The molecule has 0 bridgehead atoms. The van der Waals surface area contributed by atoms with Gasteiger partial charge in [-0.2, -0.15) is 0 Å². The van der Waals surface area contributed by atoms with Crippen LogP contribution < -0.4 is 4.90 Å². The number of aromatic nitrogens is 3. The molecule has 1 amide bonds. The molecule has 0 aliphatic carbocycles. The van der Waals surface area contributed by atoms with Gasteiger partial charge in [0.2, 0.25) is 0 Å². The van der Waals surface area contributed by atoms with E-state index in [1.54, 1.807) is 0 Å². The Balaban J connectivity index is 1.49. The zero-order chi connectivity index (χ0) is 22.1. The predicted molar refractivity (Wildman–Crippen MR) is 121 cm³/mol. The fourth-order valence-electron chi connectivity index (χ4n) is 4.37. The minimum atomic E-state index is -0.250. The maximum Gasteiger partial charge on any atom is 0.254 e. The molecule has 2 aliphatic heterocycles. The van der Waals surface area contributed by atoms with Gasteiger partial charge in [-0.15, -0.1) is 0 Å². The number of morpholine rings is 2. The van der Waals surface area contributed by atoms with Gasteiger partial charge in [0.1, 0.15) is 17.7 Å². The number of para-hydroxylation sites is 1. The minimum absolute atomic E-state index is 0.0165. The molecule has 2 aromatic heterocycles. The summed E-state index contributed by atoms with van der Waals surface area (Å²) < 4.78 is 11.5. The largest absolute Gasteiger partial charge is 0.378 e. The van der Waals surface area contributed by atoms with Gasteiger partial charge in [0.25, 0.3) is 5.91 Å². The number of amides is 1. The van der Waals surface area contributed by atoms with Gasteiger partial charge in [-0.25, -0.2) is 15.0 Å². The van der Waals surface area contributed by atoms with Crippen LogP contribution in [0.3, 0.4) is 0 Å². The van der Waals surface area contributed by atoms with E-state index in [1.807, 2.05) is 55.1 Å². The number of hydrogen-bond donors (Lipinski definition) is 0. The highest BCUT2D eigenvalue weighted by Crippen LogP contribution is 2.28. The molecule has 166 valence electrons. The van der Waals surface area contributed by atoms with Crippen LogP contribution in [0.2, 0.25) is 0 Å². The molecule has 32 heavy (non-hydrogen) atoms. The van der Waals surface area contributed by atoms with Crippen molar-refractivity contribution in [3.05, 3.63) is 59.2 Å². The molecule has 0 spiro atoms. The van der Waals surface area contributed by atoms with E-state index in [-0.39, 0.29) is 12.0 Å². The highest BCUT2D eigenvalue weighted by atomic mass is 16.5. The Morgan fingerprint density at radius 3 is 2.62 bits per heavy atom. The van der Waals surface area contributed by atoms with Crippen molar-refractivity contribution >= 4 is 22.6 Å². The van der Waals surface area contributed by atoms with Crippen LogP contribution in [0.5, 0.6) is 0 Å². The predicted octanol–water partition coefficient (Wildman–Crippen LogP) is 2.69. The Kier molecular flexibility index (Phi) is 5.71. The first-order valence-corrected chi connectivity index (χ1v) is 11.0. The lowest BCUT2D eigenvalue weighted by atomic mass is 10.0. The van der Waals surface area contributed by atoms with Crippen molar-refractivity contribution < 1.29 is 14.3 Å². The van der Waals surface area contributed by atoms with E-state index in [0.717, 1.165) is 40.5 Å². The molecule has 8 nitrogen and oxygen atoms in total. The molecule has 1 unspecified atom stereocenters. The van der Waals surface area contributed by atoms with E-state index in [4.69, 9.17) is 14.5 Å². The van der Waals surface area contributed by atoms with Crippen LogP contribution in [-0.2, 0) is 9.47 Å². The Morgan fingerprint density at radius 1 is 1.00 bits per heavy atom. The maximum atomic E-state index is 13.4. The van der Waals surface area contributed by atoms with Crippen molar-refractivity contribution in [3.8, 4) is 0 Å². The number of fused-ring (bicyclic) bond motifs is 1. The molecule has 2 aliphatic rings. The van der Waals surface area contributed by atoms with Crippen LogP contribution in [0.25, 0.3) is 10.9 Å². The van der Waals surface area contributed by atoms with E-state index in [2.05, 4.69) is 14.9 Å². The SMILES string of the molecule is Cc1cc(N2CCOC(c3cc(C(=O)N4CCOCC4)c4ccccc4n3)C2)nc(C)n1. The first kappa shape index (κ1) is 20.8. The number of rotatable bonds is 3. The van der Waals surface area contributed by atoms with Crippen molar-refractivity contribution in [3.63, 3.8) is 0 Å². The van der Waals surface area contributed by atoms with Gasteiger partial charge in [0, 0.05) is 36.8 Å². The zero-order valence-electron chi connectivity index (χ0n) is 18.5. The monoisotopic (exact) mass is 433 g/mol. The number of pyridine rings is 1. The smallest absolute Gasteiger partial charge is 0.254 e. The van der Waals surface area contributed by atoms with Gasteiger partial charge in [0.05, 0.1) is 43.1 Å². The van der Waals surface area contributed by atoms with Crippen molar-refractivity contribution in [2.75, 3.05) is 50.9 Å². The Hall–Kier alpha value is -3.10. The molecule has 3 aromatic rings. The number of hydrogen-bond acceptors (Lipinski definition) is 7. The third kappa shape index (κ3) is 4.16. The first-order valence-electron chi connectivity index (χ1n) is 11.0. The molecular weight excluding hydrogens is 406 g/mol. The van der Waals surface area contributed by atoms with Crippen LogP contribution >= 0.6 is 0 Å². The fourth-order valence-corrected chi connectivity index (χ4v) is 4.37. The number of anilines is 1. The van der Waals surface area contributed by atoms with Crippen molar-refractivity contribution in [1.82, 2.24) is 19.9 Å². The molecule has 1 atom stereocenters. The lowest BCUT2D eigenvalue weighted by Gasteiger charge is -2.34. The Bertz CT molecular complexity index is 1130. The van der Waals surface area contributed by atoms with Gasteiger partial charge >= 0.3 is 0 Å². The standard InChI is InChI=1S/C24H27N5O3/c1-16-13-23(26-17(2)25-16)29-9-12-32-22(15-29)21-14-19(18-5-3-4-6-20(18)27-21)24(30)28-7-10-31-11-8-28/h3-6,13-14,22H,7-12,15H2,1-2H3. The number of aryl methyl sites for hydroxylation is 2. The minimum Gasteiger partial charge on any atom is -0.378 e. The van der Waals surface area contributed by atoms with Crippen LogP contribution in [-0.4, -0.2) is 71.8 Å². The molecule has 0 N–H and O–H groups in total. The second-order valence-electron chi connectivity index (χ2n) is 8.24. The summed E-state index contributed by atoms with van der Waals surface area (Å²) in [6.45, 7) is 8.16. The number of ether oxygens (including phenoxy) is 2. The van der Waals surface area contributed by atoms with Gasteiger partial charge in [-0.05, 0) is 26.0 Å². The van der Waals surface area contributed by atoms with E-state index in [9.17, 15) is 4.79 Å². The second kappa shape index (κ2) is 8.80. The summed E-state index contributed by atoms with van der Waals surface area (Å²) in [6, 6.07) is 11.7. The summed E-state index contributed by atoms with van der Waals surface area (Å²) in [6.07, 6.45) is -0.250. The summed E-state index contributed by atoms with van der Waals surface area (Å²) >= 11 is 0. The molecule has 8 heteroatoms. The first-order chi connectivity index (χ1) is 15.6. The van der Waals surface area contributed by atoms with Crippen LogP contribution in [0.1, 0.15) is 33.7 Å². The Labute approximate surface area is 187 Å². The number of benzene rings is 1. The molecule has 0 saturated carbocycles. The molecule has 2 saturated heterocycles. The summed E-state index contributed by atoms with van der Waals surface area (Å²) in [5.41, 5.74) is 3.18. The van der Waals surface area contributed by atoms with Gasteiger partial charge < -0.3 is 19.3 Å². The van der Waals surface area contributed by atoms with Crippen molar-refractivity contribution in [2.45, 2.75) is 20.0 Å². The van der Waals surface area contributed by atoms with Gasteiger partial charge in [0.15, 0.2) is 0 Å². The highest BCUT2D eigenvalue weighted by molar-refractivity contribution is 6.06.